The van der Waals surface area contributed by atoms with Crippen LogP contribution in [0.15, 0.2) is 71.2 Å². The zero-order chi connectivity index (χ0) is 26.9. The maximum Gasteiger partial charge on any atom is 0.329 e. The number of rotatable bonds is 4. The largest absolute Gasteiger partial charge is 0.340 e. The molecule has 2 aromatic carbocycles. The van der Waals surface area contributed by atoms with Gasteiger partial charge in [-0.25, -0.2) is 9.78 Å². The Bertz CT molecular complexity index is 1820. The van der Waals surface area contributed by atoms with Gasteiger partial charge in [-0.3, -0.25) is 18.7 Å². The van der Waals surface area contributed by atoms with E-state index in [0.717, 1.165) is 44.5 Å². The highest BCUT2D eigenvalue weighted by Crippen LogP contribution is 2.48. The highest BCUT2D eigenvalue weighted by molar-refractivity contribution is 6.00. The van der Waals surface area contributed by atoms with Gasteiger partial charge in [0.25, 0.3) is 0 Å². The molecule has 0 saturated heterocycles. The van der Waals surface area contributed by atoms with Crippen LogP contribution in [-0.2, 0) is 35.5 Å². The Morgan fingerprint density at radius 3 is 2.77 bits per heavy atom. The summed E-state index contributed by atoms with van der Waals surface area (Å²) in [4.78, 5) is 47.0. The summed E-state index contributed by atoms with van der Waals surface area (Å²) in [7, 11) is 0. The topological polar surface area (TPSA) is 114 Å². The van der Waals surface area contributed by atoms with Crippen LogP contribution in [0.3, 0.4) is 0 Å². The lowest BCUT2D eigenvalue weighted by molar-refractivity contribution is -0.126. The van der Waals surface area contributed by atoms with Crippen LogP contribution in [0.4, 0.5) is 5.69 Å². The zero-order valence-electron chi connectivity index (χ0n) is 21.6. The van der Waals surface area contributed by atoms with Gasteiger partial charge in [0.15, 0.2) is 0 Å². The second kappa shape index (κ2) is 8.42. The van der Waals surface area contributed by atoms with Crippen molar-refractivity contribution in [3.05, 3.63) is 93.8 Å². The van der Waals surface area contributed by atoms with Gasteiger partial charge in [0, 0.05) is 18.7 Å². The van der Waals surface area contributed by atoms with Crippen LogP contribution in [0.2, 0.25) is 0 Å². The standard InChI is InChI=1S/C30H28N6O3/c1-3-4-7-20-17(2)31-28(38)30(20)14-18-12-22-23(13-19(18)15-30)33-25(32-22)16-36-24-9-5-8-21-27(24)35(29(36)39)11-6-10-26(37)34-21/h3-5,7-9,12-13H,1,6,10-11,14-16H2,2H3,(H,31,38)(H,32,33)(H,34,37)/b7-4-. The average Bonchev–Trinajstić information content (AvgIpc) is 3.59. The van der Waals surface area contributed by atoms with Crippen LogP contribution in [-0.4, -0.2) is 30.9 Å². The number of H-pyrrole nitrogens is 1. The van der Waals surface area contributed by atoms with Crippen molar-refractivity contribution in [2.45, 2.75) is 45.7 Å². The maximum absolute atomic E-state index is 13.5. The van der Waals surface area contributed by atoms with E-state index in [1.807, 2.05) is 37.3 Å². The lowest BCUT2D eigenvalue weighted by atomic mass is 9.78. The summed E-state index contributed by atoms with van der Waals surface area (Å²) in [5.41, 5.74) is 7.27. The van der Waals surface area contributed by atoms with E-state index in [9.17, 15) is 14.4 Å². The van der Waals surface area contributed by atoms with Gasteiger partial charge in [0.2, 0.25) is 11.8 Å². The molecule has 2 amide bonds. The highest BCUT2D eigenvalue weighted by atomic mass is 16.2. The number of hydrogen-bond donors (Lipinski definition) is 3. The van der Waals surface area contributed by atoms with Gasteiger partial charge in [0.1, 0.15) is 5.82 Å². The molecule has 3 N–H and O–H groups in total. The summed E-state index contributed by atoms with van der Waals surface area (Å²) in [6.07, 6.45) is 7.81. The molecule has 39 heavy (non-hydrogen) atoms. The number of allylic oxidation sites excluding steroid dienone is 4. The molecule has 1 spiro atoms. The Morgan fingerprint density at radius 1 is 1.13 bits per heavy atom. The average molecular weight is 521 g/mol. The van der Waals surface area contributed by atoms with Crippen molar-refractivity contribution in [1.82, 2.24) is 24.4 Å². The number of benzene rings is 2. The monoisotopic (exact) mass is 520 g/mol. The summed E-state index contributed by atoms with van der Waals surface area (Å²) >= 11 is 0. The molecule has 3 aliphatic rings. The molecule has 1 unspecified atom stereocenters. The van der Waals surface area contributed by atoms with E-state index in [2.05, 4.69) is 34.3 Å². The number of fused-ring (bicyclic) bond motifs is 2. The second-order valence-corrected chi connectivity index (χ2v) is 10.7. The number of hydrogen-bond acceptors (Lipinski definition) is 4. The molecule has 2 aromatic heterocycles. The van der Waals surface area contributed by atoms with Crippen molar-refractivity contribution in [1.29, 1.82) is 0 Å². The second-order valence-electron chi connectivity index (χ2n) is 10.7. The summed E-state index contributed by atoms with van der Waals surface area (Å²) < 4.78 is 3.46. The number of amides is 2. The van der Waals surface area contributed by atoms with Crippen molar-refractivity contribution in [3.8, 4) is 0 Å². The van der Waals surface area contributed by atoms with Gasteiger partial charge in [0.05, 0.1) is 39.7 Å². The fourth-order valence-corrected chi connectivity index (χ4v) is 6.55. The molecule has 196 valence electrons. The lowest BCUT2D eigenvalue weighted by Crippen LogP contribution is -2.34. The molecule has 0 bridgehead atoms. The van der Waals surface area contributed by atoms with Crippen molar-refractivity contribution in [3.63, 3.8) is 0 Å². The van der Waals surface area contributed by atoms with Gasteiger partial charge >= 0.3 is 5.69 Å². The van der Waals surface area contributed by atoms with E-state index < -0.39 is 5.41 Å². The fourth-order valence-electron chi connectivity index (χ4n) is 6.55. The van der Waals surface area contributed by atoms with Crippen LogP contribution in [0, 0.1) is 5.41 Å². The number of imidazole rings is 2. The molecule has 4 heterocycles. The number of carbonyl (C=O) groups is 2. The van der Waals surface area contributed by atoms with Crippen LogP contribution in [0.5, 0.6) is 0 Å². The minimum absolute atomic E-state index is 0.0347. The Labute approximate surface area is 223 Å². The van der Waals surface area contributed by atoms with Crippen molar-refractivity contribution >= 4 is 39.6 Å². The molecule has 0 saturated carbocycles. The molecule has 9 heteroatoms. The quantitative estimate of drug-likeness (QED) is 0.356. The third-order valence-electron chi connectivity index (χ3n) is 8.30. The molecule has 0 radical (unpaired) electrons. The van der Waals surface area contributed by atoms with E-state index in [1.165, 1.54) is 0 Å². The van der Waals surface area contributed by atoms with E-state index in [1.54, 1.807) is 15.2 Å². The summed E-state index contributed by atoms with van der Waals surface area (Å²) in [6.45, 7) is 6.48. The first-order valence-corrected chi connectivity index (χ1v) is 13.2. The van der Waals surface area contributed by atoms with Crippen LogP contribution < -0.4 is 16.3 Å². The van der Waals surface area contributed by atoms with Crippen molar-refractivity contribution < 1.29 is 9.59 Å². The number of aryl methyl sites for hydroxylation is 1. The van der Waals surface area contributed by atoms with Crippen molar-refractivity contribution in [2.75, 3.05) is 5.32 Å². The Hall–Kier alpha value is -4.66. The van der Waals surface area contributed by atoms with Crippen molar-refractivity contribution in [2.24, 2.45) is 5.41 Å². The summed E-state index contributed by atoms with van der Waals surface area (Å²) in [5.74, 6) is 0.677. The Balaban J connectivity index is 1.25. The predicted molar refractivity (Wildman–Crippen MR) is 149 cm³/mol. The first kappa shape index (κ1) is 23.5. The predicted octanol–water partition coefficient (Wildman–Crippen LogP) is 3.69. The van der Waals surface area contributed by atoms with E-state index >= 15 is 0 Å². The molecule has 2 aliphatic heterocycles. The normalized spacial score (nSPS) is 18.2. The summed E-state index contributed by atoms with van der Waals surface area (Å²) in [6, 6.07) is 9.75. The van der Waals surface area contributed by atoms with Gasteiger partial charge in [-0.1, -0.05) is 30.9 Å². The molecule has 1 aliphatic carbocycles. The van der Waals surface area contributed by atoms with Gasteiger partial charge in [-0.2, -0.15) is 0 Å². The van der Waals surface area contributed by atoms with Gasteiger partial charge < -0.3 is 15.6 Å². The number of aromatic nitrogens is 4. The number of anilines is 1. The van der Waals surface area contributed by atoms with Crippen LogP contribution in [0.25, 0.3) is 22.1 Å². The first-order chi connectivity index (χ1) is 18.9. The van der Waals surface area contributed by atoms with Gasteiger partial charge in [-0.05, 0) is 67.2 Å². The van der Waals surface area contributed by atoms with Crippen LogP contribution in [0.1, 0.15) is 36.7 Å². The third kappa shape index (κ3) is 3.46. The number of carbonyl (C=O) groups excluding carboxylic acids is 2. The zero-order valence-corrected chi connectivity index (χ0v) is 21.6. The first-order valence-electron chi connectivity index (χ1n) is 13.2. The number of nitrogens with one attached hydrogen (secondary N) is 3. The lowest BCUT2D eigenvalue weighted by Gasteiger charge is -2.22. The number of aromatic amines is 1. The van der Waals surface area contributed by atoms with Gasteiger partial charge in [-0.15, -0.1) is 0 Å². The maximum atomic E-state index is 13.5. The Morgan fingerprint density at radius 2 is 1.95 bits per heavy atom. The Kier molecular flexibility index (Phi) is 5.07. The third-order valence-corrected chi connectivity index (χ3v) is 8.30. The summed E-state index contributed by atoms with van der Waals surface area (Å²) in [5, 5.41) is 5.98. The molecular weight excluding hydrogens is 492 g/mol. The molecule has 0 fully saturated rings. The molecular formula is C30H28N6O3. The number of para-hydroxylation sites is 1. The van der Waals surface area contributed by atoms with E-state index in [-0.39, 0.29) is 24.0 Å². The SMILES string of the molecule is C=C/C=C\C1=C(C)NC(=O)C12Cc1cc3nc(Cn4c(=O)n5c6c(cccc64)NC(=O)CCC5)[nH]c3cc1C2. The van der Waals surface area contributed by atoms with E-state index in [0.29, 0.717) is 43.7 Å². The smallest absolute Gasteiger partial charge is 0.329 e. The molecule has 7 rings (SSSR count). The fraction of sp³-hybridized carbons (Fsp3) is 0.267. The highest BCUT2D eigenvalue weighted by Gasteiger charge is 2.50. The molecule has 1 atom stereocenters. The molecule has 9 nitrogen and oxygen atoms in total. The number of nitrogens with zero attached hydrogens (tertiary/aromatic N) is 3. The minimum Gasteiger partial charge on any atom is -0.340 e. The minimum atomic E-state index is -0.612. The van der Waals surface area contributed by atoms with Crippen LogP contribution >= 0.6 is 0 Å². The molecule has 4 aromatic rings. The van der Waals surface area contributed by atoms with E-state index in [4.69, 9.17) is 4.98 Å².